The Kier molecular flexibility index (Phi) is 9.78. The van der Waals surface area contributed by atoms with Gasteiger partial charge in [-0.3, -0.25) is 14.5 Å². The van der Waals surface area contributed by atoms with Crippen LogP contribution in [0.5, 0.6) is 11.5 Å². The molecule has 0 radical (unpaired) electrons. The molecule has 1 saturated carbocycles. The summed E-state index contributed by atoms with van der Waals surface area (Å²) in [7, 11) is 5.65. The highest BCUT2D eigenvalue weighted by Crippen LogP contribution is 2.44. The van der Waals surface area contributed by atoms with Crippen LogP contribution in [0.4, 0.5) is 11.5 Å². The molecule has 0 unspecified atom stereocenters. The van der Waals surface area contributed by atoms with Crippen molar-refractivity contribution < 1.29 is 19.1 Å². The number of hydrogen-bond acceptors (Lipinski definition) is 6. The first-order chi connectivity index (χ1) is 22.6. The highest BCUT2D eigenvalue weighted by Gasteiger charge is 2.37. The van der Waals surface area contributed by atoms with Crippen LogP contribution in [0, 0.1) is 11.8 Å². The molecule has 1 atom stereocenters. The molecule has 1 aliphatic carbocycles. The number of hydrogen-bond donors (Lipinski definition) is 0. The Hall–Kier alpha value is -4.04. The van der Waals surface area contributed by atoms with Gasteiger partial charge in [-0.25, -0.2) is 4.98 Å². The molecule has 2 aliphatic heterocycles. The van der Waals surface area contributed by atoms with Crippen molar-refractivity contribution in [3.05, 3.63) is 88.1 Å². The van der Waals surface area contributed by atoms with Gasteiger partial charge in [-0.15, -0.1) is 0 Å². The largest absolute Gasteiger partial charge is 0.493 e. The molecule has 9 heteroatoms. The summed E-state index contributed by atoms with van der Waals surface area (Å²) < 4.78 is 11.8. The number of ether oxygens (including phenoxy) is 2. The molecule has 0 spiro atoms. The first-order valence-corrected chi connectivity index (χ1v) is 17.0. The number of pyridine rings is 1. The lowest BCUT2D eigenvalue weighted by molar-refractivity contribution is -0.129. The van der Waals surface area contributed by atoms with Crippen LogP contribution in [0.15, 0.2) is 66.4 Å². The summed E-state index contributed by atoms with van der Waals surface area (Å²) in [6.07, 6.45) is 9.47. The standard InChI is InChI=1S/C38H45ClN4O4/c1-24(2)47-34-20-32-29(18-33(34)46-5)19-37(45)43(38(32)27-10-13-30(39)14-11-27)35-16-15-31(21-40-35)41(3)22-25-6-8-26(9-7-25)28-12-17-36(44)42(4)23-28/h10-16,18,20-21,24-26,38H,6-9,17,19,22-23H2,1-5H3/t25?,26?,38-/m0/s1. The minimum Gasteiger partial charge on any atom is -0.493 e. The Balaban J connectivity index is 1.20. The Morgan fingerprint density at radius 2 is 1.74 bits per heavy atom. The highest BCUT2D eigenvalue weighted by molar-refractivity contribution is 6.30. The summed E-state index contributed by atoms with van der Waals surface area (Å²) in [4.78, 5) is 36.6. The van der Waals surface area contributed by atoms with Gasteiger partial charge in [0.2, 0.25) is 11.8 Å². The van der Waals surface area contributed by atoms with Crippen LogP contribution in [0.1, 0.15) is 68.7 Å². The molecular weight excluding hydrogens is 612 g/mol. The number of halogens is 1. The Labute approximate surface area is 283 Å². The van der Waals surface area contributed by atoms with E-state index in [1.807, 2.05) is 74.5 Å². The number of amides is 2. The molecule has 0 N–H and O–H groups in total. The fraction of sp³-hybridized carbons (Fsp3) is 0.447. The number of aromatic nitrogens is 1. The second-order valence-corrected chi connectivity index (χ2v) is 13.9. The fourth-order valence-electron chi connectivity index (χ4n) is 7.35. The zero-order chi connectivity index (χ0) is 33.2. The summed E-state index contributed by atoms with van der Waals surface area (Å²) in [5, 5.41) is 0.635. The average molecular weight is 657 g/mol. The number of likely N-dealkylation sites (N-methyl/N-ethyl adjacent to an activating group) is 1. The van der Waals surface area contributed by atoms with E-state index in [-0.39, 0.29) is 24.3 Å². The maximum Gasteiger partial charge on any atom is 0.233 e. The summed E-state index contributed by atoms with van der Waals surface area (Å²) in [5.41, 5.74) is 5.28. The van der Waals surface area contributed by atoms with Gasteiger partial charge in [-0.05, 0) is 104 Å². The highest BCUT2D eigenvalue weighted by atomic mass is 35.5. The lowest BCUT2D eigenvalue weighted by Gasteiger charge is -2.38. The van der Waals surface area contributed by atoms with Gasteiger partial charge in [0.05, 0.1) is 37.6 Å². The van der Waals surface area contributed by atoms with Crippen molar-refractivity contribution in [1.29, 1.82) is 0 Å². The molecule has 0 saturated heterocycles. The molecule has 1 aromatic heterocycles. The van der Waals surface area contributed by atoms with Gasteiger partial charge in [0.25, 0.3) is 0 Å². The predicted octanol–water partition coefficient (Wildman–Crippen LogP) is 7.24. The molecule has 6 rings (SSSR count). The molecule has 3 heterocycles. The van der Waals surface area contributed by atoms with E-state index >= 15 is 0 Å². The second-order valence-electron chi connectivity index (χ2n) is 13.5. The van der Waals surface area contributed by atoms with E-state index in [1.165, 1.54) is 31.3 Å². The van der Waals surface area contributed by atoms with Crippen molar-refractivity contribution in [2.75, 3.05) is 44.1 Å². The lowest BCUT2D eigenvalue weighted by atomic mass is 9.77. The van der Waals surface area contributed by atoms with Crippen LogP contribution in [0.2, 0.25) is 5.02 Å². The third-order valence-corrected chi connectivity index (χ3v) is 10.1. The Bertz CT molecular complexity index is 1630. The van der Waals surface area contributed by atoms with E-state index in [1.54, 1.807) is 12.0 Å². The summed E-state index contributed by atoms with van der Waals surface area (Å²) in [6.45, 7) is 5.70. The van der Waals surface area contributed by atoms with Crippen LogP contribution >= 0.6 is 11.6 Å². The van der Waals surface area contributed by atoms with Gasteiger partial charge in [0, 0.05) is 38.6 Å². The molecule has 1 fully saturated rings. The predicted molar refractivity (Wildman–Crippen MR) is 187 cm³/mol. The number of rotatable bonds is 9. The normalized spacial score (nSPS) is 21.4. The van der Waals surface area contributed by atoms with Crippen LogP contribution in [-0.4, -0.2) is 62.1 Å². The number of methoxy groups -OCH3 is 1. The summed E-state index contributed by atoms with van der Waals surface area (Å²) in [5.74, 6) is 3.23. The smallest absolute Gasteiger partial charge is 0.233 e. The van der Waals surface area contributed by atoms with Gasteiger partial charge < -0.3 is 19.3 Å². The number of benzene rings is 2. The van der Waals surface area contributed by atoms with Crippen LogP contribution < -0.4 is 19.3 Å². The zero-order valence-corrected chi connectivity index (χ0v) is 28.8. The maximum absolute atomic E-state index is 13.9. The van der Waals surface area contributed by atoms with Gasteiger partial charge in [0.1, 0.15) is 5.82 Å². The molecule has 2 amide bonds. The molecule has 3 aliphatic rings. The van der Waals surface area contributed by atoms with Gasteiger partial charge in [-0.2, -0.15) is 0 Å². The van der Waals surface area contributed by atoms with E-state index in [2.05, 4.69) is 24.1 Å². The third kappa shape index (κ3) is 7.13. The molecule has 248 valence electrons. The van der Waals surface area contributed by atoms with E-state index < -0.39 is 6.04 Å². The molecule has 8 nitrogen and oxygen atoms in total. The molecule has 0 bridgehead atoms. The van der Waals surface area contributed by atoms with E-state index in [9.17, 15) is 9.59 Å². The molecule has 2 aromatic carbocycles. The fourth-order valence-corrected chi connectivity index (χ4v) is 7.47. The average Bonchev–Trinajstić information content (AvgIpc) is 3.06. The van der Waals surface area contributed by atoms with E-state index in [0.29, 0.717) is 40.6 Å². The molecule has 47 heavy (non-hydrogen) atoms. The Morgan fingerprint density at radius 3 is 2.38 bits per heavy atom. The summed E-state index contributed by atoms with van der Waals surface area (Å²) in [6, 6.07) is 15.2. The van der Waals surface area contributed by atoms with Gasteiger partial charge >= 0.3 is 0 Å². The van der Waals surface area contributed by atoms with Crippen molar-refractivity contribution in [2.45, 2.75) is 64.5 Å². The lowest BCUT2D eigenvalue weighted by Crippen LogP contribution is -2.41. The van der Waals surface area contributed by atoms with Crippen LogP contribution in [0.3, 0.4) is 0 Å². The monoisotopic (exact) mass is 656 g/mol. The number of fused-ring (bicyclic) bond motifs is 1. The second kappa shape index (κ2) is 14.0. The van der Waals surface area contributed by atoms with Crippen LogP contribution in [-0.2, 0) is 16.0 Å². The van der Waals surface area contributed by atoms with Gasteiger partial charge in [0.15, 0.2) is 11.5 Å². The van der Waals surface area contributed by atoms with Crippen molar-refractivity contribution in [1.82, 2.24) is 9.88 Å². The summed E-state index contributed by atoms with van der Waals surface area (Å²) >= 11 is 6.28. The quantitative estimate of drug-likeness (QED) is 0.226. The number of carbonyl (C=O) groups excluding carboxylic acids is 2. The third-order valence-electron chi connectivity index (χ3n) is 9.84. The SMILES string of the molecule is COc1cc2c(cc1OC(C)C)[C@H](c1ccc(Cl)cc1)N(c1ccc(N(C)CC3CCC(C4=CCC(=O)N(C)C4)CC3)cn1)C(=O)C2. The topological polar surface area (TPSA) is 75.2 Å². The molecular formula is C38H45ClN4O4. The van der Waals surface area contributed by atoms with Gasteiger partial charge in [-0.1, -0.05) is 35.4 Å². The van der Waals surface area contributed by atoms with E-state index in [4.69, 9.17) is 26.1 Å². The number of carbonyl (C=O) groups is 2. The number of nitrogens with zero attached hydrogens (tertiary/aromatic N) is 4. The van der Waals surface area contributed by atoms with Crippen molar-refractivity contribution in [2.24, 2.45) is 11.8 Å². The van der Waals surface area contributed by atoms with Crippen LogP contribution in [0.25, 0.3) is 0 Å². The first-order valence-electron chi connectivity index (χ1n) is 16.7. The van der Waals surface area contributed by atoms with E-state index in [0.717, 1.165) is 35.5 Å². The van der Waals surface area contributed by atoms with Crippen molar-refractivity contribution in [3.63, 3.8) is 0 Å². The molecule has 3 aromatic rings. The Morgan fingerprint density at radius 1 is 1.00 bits per heavy atom. The first kappa shape index (κ1) is 32.9. The van der Waals surface area contributed by atoms with Crippen molar-refractivity contribution in [3.8, 4) is 11.5 Å². The number of anilines is 2. The minimum atomic E-state index is -0.410. The maximum atomic E-state index is 13.9. The zero-order valence-electron chi connectivity index (χ0n) is 28.0. The minimum absolute atomic E-state index is 0.0361. The van der Waals surface area contributed by atoms with Crippen molar-refractivity contribution >= 4 is 34.9 Å².